The molecular weight excluding hydrogens is 220 g/mol. The SMILES string of the molecule is C#CC(CC)N1CCNC(C)(c2ccccc2)C1. The summed E-state index contributed by atoms with van der Waals surface area (Å²) in [6.45, 7) is 7.42. The highest BCUT2D eigenvalue weighted by Crippen LogP contribution is 2.25. The van der Waals surface area contributed by atoms with Crippen LogP contribution in [0, 0.1) is 12.3 Å². The topological polar surface area (TPSA) is 15.3 Å². The first kappa shape index (κ1) is 13.1. The lowest BCUT2D eigenvalue weighted by Gasteiger charge is -2.43. The Kier molecular flexibility index (Phi) is 4.06. The highest BCUT2D eigenvalue weighted by molar-refractivity contribution is 5.25. The molecule has 1 aromatic rings. The van der Waals surface area contributed by atoms with Crippen molar-refractivity contribution in [2.75, 3.05) is 19.6 Å². The number of hydrogen-bond donors (Lipinski definition) is 1. The van der Waals surface area contributed by atoms with Gasteiger partial charge in [-0.15, -0.1) is 6.42 Å². The fourth-order valence-electron chi connectivity index (χ4n) is 2.76. The number of nitrogens with one attached hydrogen (secondary N) is 1. The molecule has 2 heteroatoms. The zero-order valence-electron chi connectivity index (χ0n) is 11.3. The minimum Gasteiger partial charge on any atom is -0.305 e. The third-order valence-corrected chi connectivity index (χ3v) is 3.86. The fraction of sp³-hybridized carbons (Fsp3) is 0.500. The molecule has 0 amide bonds. The molecule has 2 nitrogen and oxygen atoms in total. The summed E-state index contributed by atoms with van der Waals surface area (Å²) in [7, 11) is 0. The van der Waals surface area contributed by atoms with Crippen molar-refractivity contribution in [3.63, 3.8) is 0 Å². The van der Waals surface area contributed by atoms with Crippen LogP contribution in [-0.2, 0) is 5.54 Å². The Labute approximate surface area is 110 Å². The normalized spacial score (nSPS) is 26.5. The van der Waals surface area contributed by atoms with Crippen molar-refractivity contribution in [2.45, 2.75) is 31.8 Å². The molecule has 1 fully saturated rings. The van der Waals surface area contributed by atoms with Crippen LogP contribution in [0.3, 0.4) is 0 Å². The van der Waals surface area contributed by atoms with E-state index in [0.29, 0.717) is 0 Å². The third kappa shape index (κ3) is 2.58. The quantitative estimate of drug-likeness (QED) is 0.818. The predicted octanol–water partition coefficient (Wildman–Crippen LogP) is 2.22. The molecule has 2 unspecified atom stereocenters. The molecule has 18 heavy (non-hydrogen) atoms. The molecule has 1 saturated heterocycles. The van der Waals surface area contributed by atoms with E-state index in [9.17, 15) is 0 Å². The van der Waals surface area contributed by atoms with Crippen LogP contribution in [0.4, 0.5) is 0 Å². The first-order valence-electron chi connectivity index (χ1n) is 6.70. The number of benzene rings is 1. The number of piperazine rings is 1. The third-order valence-electron chi connectivity index (χ3n) is 3.86. The van der Waals surface area contributed by atoms with E-state index >= 15 is 0 Å². The second kappa shape index (κ2) is 5.56. The number of hydrogen-bond acceptors (Lipinski definition) is 2. The Balaban J connectivity index is 2.18. The van der Waals surface area contributed by atoms with E-state index in [4.69, 9.17) is 6.42 Å². The molecule has 0 aromatic heterocycles. The van der Waals surface area contributed by atoms with Crippen LogP contribution in [0.25, 0.3) is 0 Å². The maximum Gasteiger partial charge on any atom is 0.0710 e. The molecular formula is C16H22N2. The summed E-state index contributed by atoms with van der Waals surface area (Å²) in [5.41, 5.74) is 1.34. The van der Waals surface area contributed by atoms with Crippen molar-refractivity contribution in [1.29, 1.82) is 0 Å². The first-order chi connectivity index (χ1) is 8.69. The van der Waals surface area contributed by atoms with E-state index in [0.717, 1.165) is 26.1 Å². The van der Waals surface area contributed by atoms with E-state index in [1.807, 2.05) is 0 Å². The Morgan fingerprint density at radius 2 is 2.17 bits per heavy atom. The van der Waals surface area contributed by atoms with Crippen LogP contribution in [-0.4, -0.2) is 30.6 Å². The zero-order chi connectivity index (χ0) is 13.0. The molecule has 2 atom stereocenters. The minimum absolute atomic E-state index is 0.00375. The zero-order valence-corrected chi connectivity index (χ0v) is 11.3. The molecule has 0 spiro atoms. The van der Waals surface area contributed by atoms with Crippen LogP contribution >= 0.6 is 0 Å². The van der Waals surface area contributed by atoms with Gasteiger partial charge in [0, 0.05) is 19.6 Å². The van der Waals surface area contributed by atoms with Gasteiger partial charge in [0.15, 0.2) is 0 Å². The van der Waals surface area contributed by atoms with Gasteiger partial charge in [0.1, 0.15) is 0 Å². The van der Waals surface area contributed by atoms with Gasteiger partial charge in [0.2, 0.25) is 0 Å². The Hall–Kier alpha value is -1.30. The number of terminal acetylenes is 1. The van der Waals surface area contributed by atoms with Crippen molar-refractivity contribution >= 4 is 0 Å². The molecule has 1 aromatic carbocycles. The smallest absolute Gasteiger partial charge is 0.0710 e. The average molecular weight is 242 g/mol. The molecule has 0 bridgehead atoms. The number of nitrogens with zero attached hydrogens (tertiary/aromatic N) is 1. The molecule has 96 valence electrons. The van der Waals surface area contributed by atoms with Gasteiger partial charge in [-0.25, -0.2) is 0 Å². The molecule has 1 heterocycles. The van der Waals surface area contributed by atoms with Crippen LogP contribution in [0.5, 0.6) is 0 Å². The summed E-state index contributed by atoms with van der Waals surface area (Å²) in [6, 6.07) is 10.9. The molecule has 1 N–H and O–H groups in total. The molecule has 1 aliphatic heterocycles. The lowest BCUT2D eigenvalue weighted by molar-refractivity contribution is 0.119. The lowest BCUT2D eigenvalue weighted by Crippen LogP contribution is -2.58. The number of rotatable bonds is 3. The highest BCUT2D eigenvalue weighted by atomic mass is 15.2. The van der Waals surface area contributed by atoms with Crippen molar-refractivity contribution < 1.29 is 0 Å². The van der Waals surface area contributed by atoms with Gasteiger partial charge in [-0.1, -0.05) is 43.2 Å². The van der Waals surface area contributed by atoms with Gasteiger partial charge in [0.25, 0.3) is 0 Å². The lowest BCUT2D eigenvalue weighted by atomic mass is 9.89. The Morgan fingerprint density at radius 3 is 2.78 bits per heavy atom. The van der Waals surface area contributed by atoms with E-state index in [1.54, 1.807) is 0 Å². The second-order valence-electron chi connectivity index (χ2n) is 5.19. The first-order valence-corrected chi connectivity index (χ1v) is 6.70. The summed E-state index contributed by atoms with van der Waals surface area (Å²) in [4.78, 5) is 2.42. The van der Waals surface area contributed by atoms with Gasteiger partial charge < -0.3 is 5.32 Å². The summed E-state index contributed by atoms with van der Waals surface area (Å²) in [6.07, 6.45) is 6.64. The monoisotopic (exact) mass is 242 g/mol. The Bertz CT molecular complexity index is 420. The van der Waals surface area contributed by atoms with Gasteiger partial charge in [-0.2, -0.15) is 0 Å². The summed E-state index contributed by atoms with van der Waals surface area (Å²) in [5, 5.41) is 3.63. The van der Waals surface area contributed by atoms with E-state index in [-0.39, 0.29) is 11.6 Å². The second-order valence-corrected chi connectivity index (χ2v) is 5.19. The molecule has 2 rings (SSSR count). The molecule has 0 aliphatic carbocycles. The van der Waals surface area contributed by atoms with Crippen LogP contribution < -0.4 is 5.32 Å². The van der Waals surface area contributed by atoms with Crippen molar-refractivity contribution in [3.8, 4) is 12.3 Å². The minimum atomic E-state index is 0.00375. The van der Waals surface area contributed by atoms with Crippen LogP contribution in [0.1, 0.15) is 25.8 Å². The maximum absolute atomic E-state index is 5.63. The molecule has 0 radical (unpaired) electrons. The van der Waals surface area contributed by atoms with Crippen molar-refractivity contribution in [1.82, 2.24) is 10.2 Å². The van der Waals surface area contributed by atoms with Crippen molar-refractivity contribution in [3.05, 3.63) is 35.9 Å². The molecule has 1 aliphatic rings. The summed E-state index contributed by atoms with van der Waals surface area (Å²) in [5.74, 6) is 2.91. The van der Waals surface area contributed by atoms with E-state index in [1.165, 1.54) is 5.56 Å². The van der Waals surface area contributed by atoms with Gasteiger partial charge in [-0.3, -0.25) is 4.90 Å². The van der Waals surface area contributed by atoms with Crippen LogP contribution in [0.15, 0.2) is 30.3 Å². The Morgan fingerprint density at radius 1 is 1.44 bits per heavy atom. The molecule has 0 saturated carbocycles. The fourth-order valence-corrected chi connectivity index (χ4v) is 2.76. The maximum atomic E-state index is 5.63. The largest absolute Gasteiger partial charge is 0.305 e. The van der Waals surface area contributed by atoms with Crippen LogP contribution in [0.2, 0.25) is 0 Å². The summed E-state index contributed by atoms with van der Waals surface area (Å²) >= 11 is 0. The standard InChI is InChI=1S/C16H22N2/c1-4-15(5-2)18-12-11-17-16(3,13-18)14-9-7-6-8-10-14/h1,6-10,15,17H,5,11-13H2,2-3H3. The predicted molar refractivity (Wildman–Crippen MR) is 76.3 cm³/mol. The van der Waals surface area contributed by atoms with Gasteiger partial charge >= 0.3 is 0 Å². The van der Waals surface area contributed by atoms with E-state index in [2.05, 4.69) is 60.3 Å². The van der Waals surface area contributed by atoms with Crippen molar-refractivity contribution in [2.24, 2.45) is 0 Å². The van der Waals surface area contributed by atoms with Gasteiger partial charge in [0.05, 0.1) is 11.6 Å². The average Bonchev–Trinajstić information content (AvgIpc) is 2.41. The van der Waals surface area contributed by atoms with E-state index < -0.39 is 0 Å². The highest BCUT2D eigenvalue weighted by Gasteiger charge is 2.33. The van der Waals surface area contributed by atoms with Gasteiger partial charge in [-0.05, 0) is 18.9 Å². The summed E-state index contributed by atoms with van der Waals surface area (Å²) < 4.78 is 0.